The topological polar surface area (TPSA) is 105 Å². The lowest BCUT2D eigenvalue weighted by atomic mass is 9.91. The normalized spacial score (nSPS) is 17.8. The Bertz CT molecular complexity index is 1220. The Hall–Kier alpha value is -3.18. The Balaban J connectivity index is 1.62. The van der Waals surface area contributed by atoms with Crippen LogP contribution in [0.25, 0.3) is 0 Å². The number of fused-ring (bicyclic) bond motifs is 1. The summed E-state index contributed by atoms with van der Waals surface area (Å²) >= 11 is 0. The molecule has 1 fully saturated rings. The van der Waals surface area contributed by atoms with Gasteiger partial charge in [0.2, 0.25) is 5.91 Å². The number of benzene rings is 2. The van der Waals surface area contributed by atoms with Crippen molar-refractivity contribution in [2.75, 3.05) is 43.8 Å². The molecular weight excluding hydrogens is 518 g/mol. The molecule has 2 aliphatic rings. The maximum absolute atomic E-state index is 14.8. The molecule has 11 heteroatoms. The van der Waals surface area contributed by atoms with Crippen molar-refractivity contribution < 1.29 is 37.7 Å². The van der Waals surface area contributed by atoms with Crippen LogP contribution in [0.4, 0.5) is 14.5 Å². The molecule has 2 N–H and O–H groups in total. The minimum absolute atomic E-state index is 0.00172. The highest BCUT2D eigenvalue weighted by molar-refractivity contribution is 8.32. The number of nitrogens with zero attached hydrogens (tertiary/aromatic N) is 1. The van der Waals surface area contributed by atoms with Crippen molar-refractivity contribution in [1.29, 1.82) is 0 Å². The number of hydrogen-bond acceptors (Lipinski definition) is 5. The average Bonchev–Trinajstić information content (AvgIpc) is 2.78. The summed E-state index contributed by atoms with van der Waals surface area (Å²) in [5, 5.41) is 11.5. The molecule has 2 aromatic rings. The minimum atomic E-state index is -1.69. The zero-order chi connectivity index (χ0) is 27.6. The van der Waals surface area contributed by atoms with Crippen LogP contribution in [0.5, 0.6) is 5.75 Å². The number of halogens is 2. The average molecular weight is 551 g/mol. The van der Waals surface area contributed by atoms with E-state index in [1.807, 2.05) is 6.07 Å². The molecule has 0 saturated carbocycles. The van der Waals surface area contributed by atoms with E-state index in [0.717, 1.165) is 17.7 Å². The number of ether oxygens (including phenoxy) is 2. The van der Waals surface area contributed by atoms with Gasteiger partial charge in [0.15, 0.2) is 0 Å². The SMILES string of the molecule is CS(C)(C)c1c(F)cc(NC(=O)[C@H]2c3ccc(OC4COC4)cc3CCN2C(=O)CCCC(=O)O)cc1F. The monoisotopic (exact) mass is 550 g/mol. The van der Waals surface area contributed by atoms with Crippen LogP contribution in [0.15, 0.2) is 35.2 Å². The van der Waals surface area contributed by atoms with Crippen LogP contribution in [0.3, 0.4) is 0 Å². The number of carboxylic acid groups (broad SMARTS) is 1. The molecule has 0 aliphatic carbocycles. The van der Waals surface area contributed by atoms with Gasteiger partial charge in [0.05, 0.1) is 18.1 Å². The summed E-state index contributed by atoms with van der Waals surface area (Å²) < 4.78 is 40.7. The van der Waals surface area contributed by atoms with Crippen LogP contribution in [-0.4, -0.2) is 72.4 Å². The number of rotatable bonds is 9. The minimum Gasteiger partial charge on any atom is -0.486 e. The first-order valence-electron chi connectivity index (χ1n) is 12.3. The largest absolute Gasteiger partial charge is 0.486 e. The molecule has 38 heavy (non-hydrogen) atoms. The van der Waals surface area contributed by atoms with Gasteiger partial charge in [-0.1, -0.05) is 6.07 Å². The zero-order valence-electron chi connectivity index (χ0n) is 21.6. The fraction of sp³-hybridized carbons (Fsp3) is 0.444. The van der Waals surface area contributed by atoms with Gasteiger partial charge in [-0.25, -0.2) is 18.8 Å². The first-order valence-corrected chi connectivity index (χ1v) is 15.2. The Morgan fingerprint density at radius 1 is 1.11 bits per heavy atom. The maximum Gasteiger partial charge on any atom is 0.303 e. The third-order valence-electron chi connectivity index (χ3n) is 6.48. The second-order valence-corrected chi connectivity index (χ2v) is 14.3. The van der Waals surface area contributed by atoms with Crippen LogP contribution >= 0.6 is 10.0 Å². The number of aliphatic carboxylic acids is 1. The molecule has 0 radical (unpaired) electrons. The van der Waals surface area contributed by atoms with E-state index in [-0.39, 0.29) is 48.4 Å². The van der Waals surface area contributed by atoms with Crippen LogP contribution in [0, 0.1) is 11.6 Å². The van der Waals surface area contributed by atoms with Crippen LogP contribution in [0.2, 0.25) is 0 Å². The van der Waals surface area contributed by atoms with Crippen molar-refractivity contribution in [3.8, 4) is 5.75 Å². The molecule has 2 aliphatic heterocycles. The predicted molar refractivity (Wildman–Crippen MR) is 140 cm³/mol. The molecule has 0 bridgehead atoms. The van der Waals surface area contributed by atoms with Crippen LogP contribution in [0.1, 0.15) is 36.4 Å². The van der Waals surface area contributed by atoms with Crippen LogP contribution < -0.4 is 10.1 Å². The highest BCUT2D eigenvalue weighted by atomic mass is 32.3. The van der Waals surface area contributed by atoms with E-state index >= 15 is 0 Å². The fourth-order valence-corrected chi connectivity index (χ4v) is 5.95. The molecule has 0 aromatic heterocycles. The summed E-state index contributed by atoms with van der Waals surface area (Å²) in [6.45, 7) is 1.23. The van der Waals surface area contributed by atoms with Gasteiger partial charge in [-0.05, 0) is 67.0 Å². The van der Waals surface area contributed by atoms with E-state index in [4.69, 9.17) is 14.6 Å². The van der Waals surface area contributed by atoms with E-state index in [1.165, 1.54) is 4.90 Å². The van der Waals surface area contributed by atoms with Crippen molar-refractivity contribution in [3.05, 3.63) is 53.1 Å². The zero-order valence-corrected chi connectivity index (χ0v) is 22.4. The lowest BCUT2D eigenvalue weighted by Gasteiger charge is -2.37. The third-order valence-corrected chi connectivity index (χ3v) is 8.10. The molecule has 1 atom stereocenters. The summed E-state index contributed by atoms with van der Waals surface area (Å²) in [5.41, 5.74) is 1.35. The summed E-state index contributed by atoms with van der Waals surface area (Å²) in [5.74, 6) is -2.85. The van der Waals surface area contributed by atoms with E-state index in [1.54, 1.807) is 30.9 Å². The van der Waals surface area contributed by atoms with Gasteiger partial charge in [0, 0.05) is 25.1 Å². The van der Waals surface area contributed by atoms with Gasteiger partial charge in [-0.3, -0.25) is 14.4 Å². The van der Waals surface area contributed by atoms with Gasteiger partial charge in [0.25, 0.3) is 5.91 Å². The Labute approximate surface area is 221 Å². The van der Waals surface area contributed by atoms with E-state index < -0.39 is 39.6 Å². The van der Waals surface area contributed by atoms with Crippen molar-refractivity contribution in [1.82, 2.24) is 4.90 Å². The predicted octanol–water partition coefficient (Wildman–Crippen LogP) is 4.11. The van der Waals surface area contributed by atoms with E-state index in [0.29, 0.717) is 30.9 Å². The van der Waals surface area contributed by atoms with Gasteiger partial charge in [-0.15, -0.1) is 0 Å². The maximum atomic E-state index is 14.8. The molecular formula is C27H32F2N2O6S. The van der Waals surface area contributed by atoms with Gasteiger partial charge in [0.1, 0.15) is 29.5 Å². The smallest absolute Gasteiger partial charge is 0.303 e. The van der Waals surface area contributed by atoms with E-state index in [9.17, 15) is 23.2 Å². The highest BCUT2D eigenvalue weighted by Crippen LogP contribution is 2.48. The first-order chi connectivity index (χ1) is 17.9. The number of amides is 2. The summed E-state index contributed by atoms with van der Waals surface area (Å²) in [4.78, 5) is 38.9. The van der Waals surface area contributed by atoms with Crippen molar-refractivity contribution in [2.45, 2.75) is 42.7 Å². The van der Waals surface area contributed by atoms with E-state index in [2.05, 4.69) is 5.32 Å². The molecule has 8 nitrogen and oxygen atoms in total. The second-order valence-electron chi connectivity index (χ2n) is 10.2. The Kier molecular flexibility index (Phi) is 8.27. The lowest BCUT2D eigenvalue weighted by Crippen LogP contribution is -2.45. The number of carbonyl (C=O) groups is 3. The highest BCUT2D eigenvalue weighted by Gasteiger charge is 2.36. The Morgan fingerprint density at radius 3 is 2.37 bits per heavy atom. The summed E-state index contributed by atoms with van der Waals surface area (Å²) in [6, 6.07) is 6.40. The molecule has 1 saturated heterocycles. The van der Waals surface area contributed by atoms with Gasteiger partial charge >= 0.3 is 5.97 Å². The number of nitrogens with one attached hydrogen (secondary N) is 1. The lowest BCUT2D eigenvalue weighted by molar-refractivity contribution is -0.140. The molecule has 4 rings (SSSR count). The van der Waals surface area contributed by atoms with Gasteiger partial charge < -0.3 is 24.8 Å². The summed E-state index contributed by atoms with van der Waals surface area (Å²) in [6.07, 6.45) is 5.68. The molecule has 2 amide bonds. The number of carbonyl (C=O) groups excluding carboxylic acids is 2. The number of hydrogen-bond donors (Lipinski definition) is 2. The second kappa shape index (κ2) is 11.3. The standard InChI is InChI=1S/C27H32F2N2O6S/c1-38(2,3)26-21(28)12-17(13-22(26)29)30-27(35)25-20-8-7-18(37-19-14-36-15-19)11-16(20)9-10-31(25)23(32)5-4-6-24(33)34/h7-8,11-13,19,25H,4-6,9-10,14-15H2,1-3H3,(H,30,35)(H,33,34)/t25-/m1/s1. The molecule has 2 heterocycles. The number of anilines is 1. The summed E-state index contributed by atoms with van der Waals surface area (Å²) in [7, 11) is -1.69. The molecule has 0 unspecified atom stereocenters. The third kappa shape index (κ3) is 6.27. The molecule has 2 aromatic carbocycles. The molecule has 206 valence electrons. The molecule has 0 spiro atoms. The van der Waals surface area contributed by atoms with Crippen molar-refractivity contribution in [3.63, 3.8) is 0 Å². The van der Waals surface area contributed by atoms with Crippen molar-refractivity contribution >= 4 is 33.5 Å². The van der Waals surface area contributed by atoms with Crippen LogP contribution in [-0.2, 0) is 25.5 Å². The first kappa shape index (κ1) is 27.8. The van der Waals surface area contributed by atoms with Crippen molar-refractivity contribution in [2.24, 2.45) is 0 Å². The van der Waals surface area contributed by atoms with Gasteiger partial charge in [-0.2, -0.15) is 0 Å². The fourth-order valence-electron chi connectivity index (χ4n) is 4.66. The number of carboxylic acids is 1. The quantitative estimate of drug-likeness (QED) is 0.487. The Morgan fingerprint density at radius 2 is 1.79 bits per heavy atom.